The number of aliphatic hydroxyl groups is 2. The van der Waals surface area contributed by atoms with E-state index in [1.54, 1.807) is 19.1 Å². The third kappa shape index (κ3) is 5.21. The first-order valence-electron chi connectivity index (χ1n) is 15.0. The van der Waals surface area contributed by atoms with Crippen LogP contribution >= 0.6 is 0 Å². The number of fused-ring (bicyclic) bond motifs is 3. The molecule has 0 saturated carbocycles. The van der Waals surface area contributed by atoms with Gasteiger partial charge in [-0.1, -0.05) is 24.3 Å². The second kappa shape index (κ2) is 11.8. The molecule has 6 atom stereocenters. The Hall–Kier alpha value is -4.33. The highest BCUT2D eigenvalue weighted by Gasteiger charge is 2.49. The maximum atomic E-state index is 13.8. The summed E-state index contributed by atoms with van der Waals surface area (Å²) in [7, 11) is 1.35. The molecule has 1 saturated heterocycles. The zero-order valence-electron chi connectivity index (χ0n) is 25.6. The fourth-order valence-corrected chi connectivity index (χ4v) is 6.71. The van der Waals surface area contributed by atoms with E-state index in [4.69, 9.17) is 19.9 Å². The zero-order valence-corrected chi connectivity index (χ0v) is 25.6. The highest BCUT2D eigenvalue weighted by atomic mass is 16.7. The van der Waals surface area contributed by atoms with Crippen LogP contribution in [-0.2, 0) is 27.2 Å². The van der Waals surface area contributed by atoms with Gasteiger partial charge in [-0.3, -0.25) is 14.4 Å². The van der Waals surface area contributed by atoms with Crippen LogP contribution in [0.4, 0.5) is 5.69 Å². The van der Waals surface area contributed by atoms with Crippen LogP contribution in [0.5, 0.6) is 17.2 Å². The Morgan fingerprint density at radius 1 is 1.07 bits per heavy atom. The number of hydrogen-bond donors (Lipinski definition) is 6. The molecule has 0 amide bonds. The first kappa shape index (κ1) is 31.6. The standard InChI is InChI=1S/C34H36N2O10/c1-15-29(38)21(36-14-17-7-9-18(35)10-8-17)11-24(45-15)46-23-13-34(43,16(2)37)12-20-26(23)33(42)28-27(31(20)40)30(39)19-5-4-6-22(44-3)25(19)32(28)41/h4-10,15,21,23-24,29,36,38,40,42-43H,11-14,35H2,1-3H3/t15?,21?,23-,24?,29?,34-/m0/s1. The molecule has 0 aromatic heterocycles. The molecule has 12 heteroatoms. The molecule has 46 heavy (non-hydrogen) atoms. The van der Waals surface area contributed by atoms with Crippen LogP contribution in [0.15, 0.2) is 42.5 Å². The van der Waals surface area contributed by atoms with Crippen molar-refractivity contribution in [3.05, 3.63) is 81.4 Å². The zero-order chi connectivity index (χ0) is 33.1. The van der Waals surface area contributed by atoms with Gasteiger partial charge in [0.1, 0.15) is 22.8 Å². The minimum absolute atomic E-state index is 0.0161. The van der Waals surface area contributed by atoms with E-state index >= 15 is 0 Å². The maximum absolute atomic E-state index is 13.8. The van der Waals surface area contributed by atoms with Gasteiger partial charge in [0.05, 0.1) is 42.1 Å². The van der Waals surface area contributed by atoms with Crippen molar-refractivity contribution in [2.24, 2.45) is 0 Å². The van der Waals surface area contributed by atoms with Crippen LogP contribution in [0.2, 0.25) is 0 Å². The number of benzene rings is 3. The van der Waals surface area contributed by atoms with Crippen molar-refractivity contribution in [1.82, 2.24) is 5.32 Å². The lowest BCUT2D eigenvalue weighted by Gasteiger charge is -2.43. The molecule has 1 aliphatic heterocycles. The lowest BCUT2D eigenvalue weighted by atomic mass is 9.72. The summed E-state index contributed by atoms with van der Waals surface area (Å²) < 4.78 is 17.6. The van der Waals surface area contributed by atoms with E-state index in [0.29, 0.717) is 12.2 Å². The number of ketones is 3. The van der Waals surface area contributed by atoms with Crippen LogP contribution in [0.3, 0.4) is 0 Å². The molecule has 6 rings (SSSR count). The number of phenolic OH excluding ortho intramolecular Hbond substituents is 2. The Bertz CT molecular complexity index is 1740. The minimum atomic E-state index is -2.02. The fraction of sp³-hybridized carbons (Fsp3) is 0.382. The second-order valence-corrected chi connectivity index (χ2v) is 12.2. The van der Waals surface area contributed by atoms with Crippen molar-refractivity contribution in [1.29, 1.82) is 0 Å². The summed E-state index contributed by atoms with van der Waals surface area (Å²) in [6, 6.07) is 11.2. The van der Waals surface area contributed by atoms with Gasteiger partial charge < -0.3 is 45.7 Å². The summed E-state index contributed by atoms with van der Waals surface area (Å²) in [5.41, 5.74) is 4.29. The molecule has 4 unspecified atom stereocenters. The van der Waals surface area contributed by atoms with Gasteiger partial charge in [0.25, 0.3) is 0 Å². The van der Waals surface area contributed by atoms with E-state index in [0.717, 1.165) is 5.56 Å². The average Bonchev–Trinajstić information content (AvgIpc) is 3.02. The minimum Gasteiger partial charge on any atom is -0.507 e. The van der Waals surface area contributed by atoms with Gasteiger partial charge >= 0.3 is 0 Å². The Labute approximate surface area is 264 Å². The normalized spacial score (nSPS) is 27.0. The maximum Gasteiger partial charge on any atom is 0.202 e. The Morgan fingerprint density at radius 2 is 1.76 bits per heavy atom. The van der Waals surface area contributed by atoms with E-state index in [2.05, 4.69) is 5.32 Å². The quantitative estimate of drug-likeness (QED) is 0.129. The van der Waals surface area contributed by atoms with Crippen molar-refractivity contribution >= 4 is 23.0 Å². The number of nitrogens with one attached hydrogen (secondary N) is 1. The summed E-state index contributed by atoms with van der Waals surface area (Å²) in [4.78, 5) is 40.2. The smallest absolute Gasteiger partial charge is 0.202 e. The molecule has 0 radical (unpaired) electrons. The molecule has 242 valence electrons. The fourth-order valence-electron chi connectivity index (χ4n) is 6.71. The van der Waals surface area contributed by atoms with Gasteiger partial charge in [-0.2, -0.15) is 0 Å². The number of nitrogen functional groups attached to an aromatic ring is 1. The molecule has 1 fully saturated rings. The van der Waals surface area contributed by atoms with E-state index < -0.39 is 82.6 Å². The number of ether oxygens (including phenoxy) is 3. The van der Waals surface area contributed by atoms with E-state index in [-0.39, 0.29) is 40.8 Å². The topological polar surface area (TPSA) is 198 Å². The van der Waals surface area contributed by atoms with Crippen molar-refractivity contribution < 1.29 is 49.0 Å². The van der Waals surface area contributed by atoms with Crippen LogP contribution in [0.1, 0.15) is 81.3 Å². The number of carbonyl (C=O) groups is 3. The second-order valence-electron chi connectivity index (χ2n) is 12.2. The predicted octanol–water partition coefficient (Wildman–Crippen LogP) is 2.44. The number of hydrogen-bond acceptors (Lipinski definition) is 12. The first-order valence-corrected chi connectivity index (χ1v) is 15.0. The van der Waals surface area contributed by atoms with Gasteiger partial charge in [-0.25, -0.2) is 0 Å². The van der Waals surface area contributed by atoms with Crippen molar-refractivity contribution in [3.8, 4) is 17.2 Å². The third-order valence-corrected chi connectivity index (χ3v) is 9.30. The van der Waals surface area contributed by atoms with E-state index in [1.165, 1.54) is 32.2 Å². The van der Waals surface area contributed by atoms with Crippen molar-refractivity contribution in [3.63, 3.8) is 0 Å². The highest BCUT2D eigenvalue weighted by molar-refractivity contribution is 6.31. The molecule has 3 aromatic rings. The number of carbonyl (C=O) groups excluding carboxylic acids is 3. The Balaban J connectivity index is 1.38. The van der Waals surface area contributed by atoms with Gasteiger partial charge in [0, 0.05) is 54.2 Å². The number of Topliss-reactive ketones (excluding diaryl/α,β-unsaturated/α-hetero) is 1. The molecule has 3 aromatic carbocycles. The number of anilines is 1. The molecular weight excluding hydrogens is 596 g/mol. The van der Waals surface area contributed by atoms with Gasteiger partial charge in [0.2, 0.25) is 5.78 Å². The number of aromatic hydroxyl groups is 2. The molecule has 1 heterocycles. The van der Waals surface area contributed by atoms with Crippen molar-refractivity contribution in [2.45, 2.75) is 75.9 Å². The summed E-state index contributed by atoms with van der Waals surface area (Å²) in [5, 5.41) is 48.9. The molecule has 7 N–H and O–H groups in total. The van der Waals surface area contributed by atoms with Gasteiger partial charge in [0.15, 0.2) is 17.9 Å². The van der Waals surface area contributed by atoms with Crippen molar-refractivity contribution in [2.75, 3.05) is 12.8 Å². The average molecular weight is 633 g/mol. The number of nitrogens with two attached hydrogens (primary N) is 1. The molecule has 2 aliphatic carbocycles. The number of methoxy groups -OCH3 is 1. The van der Waals surface area contributed by atoms with Crippen LogP contribution < -0.4 is 15.8 Å². The van der Waals surface area contributed by atoms with Crippen LogP contribution in [0, 0.1) is 0 Å². The molecule has 0 spiro atoms. The van der Waals surface area contributed by atoms with Gasteiger partial charge in [-0.15, -0.1) is 0 Å². The lowest BCUT2D eigenvalue weighted by molar-refractivity contribution is -0.249. The molecule has 12 nitrogen and oxygen atoms in total. The lowest BCUT2D eigenvalue weighted by Crippen LogP contribution is -2.54. The van der Waals surface area contributed by atoms with Crippen LogP contribution in [0.25, 0.3) is 0 Å². The number of aliphatic hydroxyl groups excluding tert-OH is 1. The molecule has 0 bridgehead atoms. The Kier molecular flexibility index (Phi) is 8.11. The summed E-state index contributed by atoms with van der Waals surface area (Å²) in [5.74, 6) is -3.17. The van der Waals surface area contributed by atoms with Crippen LogP contribution in [-0.4, -0.2) is 75.0 Å². The third-order valence-electron chi connectivity index (χ3n) is 9.30. The summed E-state index contributed by atoms with van der Waals surface area (Å²) in [6.45, 7) is 3.29. The van der Waals surface area contributed by atoms with Gasteiger partial charge in [-0.05, 0) is 37.6 Å². The Morgan fingerprint density at radius 3 is 2.43 bits per heavy atom. The number of rotatable bonds is 7. The largest absolute Gasteiger partial charge is 0.507 e. The summed E-state index contributed by atoms with van der Waals surface area (Å²) >= 11 is 0. The highest BCUT2D eigenvalue weighted by Crippen LogP contribution is 2.52. The SMILES string of the molecule is COc1cccc2c1C(=O)c1c(O)c3c(c(O)c1C2=O)C[C@@](O)(C(C)=O)C[C@@H]3OC1CC(NCc2ccc(N)cc2)C(O)C(C)O1. The van der Waals surface area contributed by atoms with E-state index in [1.807, 2.05) is 12.1 Å². The number of phenols is 2. The molecular formula is C34H36N2O10. The summed E-state index contributed by atoms with van der Waals surface area (Å²) in [6.07, 6.45) is -4.45. The first-order chi connectivity index (χ1) is 21.8. The monoisotopic (exact) mass is 632 g/mol. The molecule has 3 aliphatic rings. The van der Waals surface area contributed by atoms with E-state index in [9.17, 15) is 34.8 Å². The predicted molar refractivity (Wildman–Crippen MR) is 164 cm³/mol.